The van der Waals surface area contributed by atoms with Gasteiger partial charge in [-0.3, -0.25) is 10.1 Å². The van der Waals surface area contributed by atoms with Crippen molar-refractivity contribution in [1.29, 1.82) is 0 Å². The molecule has 0 atom stereocenters. The van der Waals surface area contributed by atoms with Gasteiger partial charge < -0.3 is 9.73 Å². The van der Waals surface area contributed by atoms with Crippen LogP contribution in [0.25, 0.3) is 10.8 Å². The molecule has 0 aliphatic rings. The third kappa shape index (κ3) is 2.13. The van der Waals surface area contributed by atoms with Gasteiger partial charge in [0.15, 0.2) is 0 Å². The number of nitrogens with zero attached hydrogens (tertiary/aromatic N) is 1. The molecular weight excluding hydrogens is 244 g/mol. The summed E-state index contributed by atoms with van der Waals surface area (Å²) in [6, 6.07) is 14.0. The Kier molecular flexibility index (Phi) is 2.64. The minimum Gasteiger partial charge on any atom is -0.447 e. The fourth-order valence-corrected chi connectivity index (χ4v) is 1.89. The van der Waals surface area contributed by atoms with Gasteiger partial charge in [0.2, 0.25) is 5.88 Å². The van der Waals surface area contributed by atoms with E-state index >= 15 is 0 Å². The van der Waals surface area contributed by atoms with E-state index in [0.29, 0.717) is 5.88 Å². The van der Waals surface area contributed by atoms with Crippen LogP contribution in [-0.2, 0) is 0 Å². The van der Waals surface area contributed by atoms with Crippen molar-refractivity contribution >= 4 is 28.0 Å². The summed E-state index contributed by atoms with van der Waals surface area (Å²) in [4.78, 5) is 10.1. The molecule has 0 bridgehead atoms. The van der Waals surface area contributed by atoms with Gasteiger partial charge in [0.05, 0.1) is 4.92 Å². The predicted octanol–water partition coefficient (Wildman–Crippen LogP) is 4.08. The lowest BCUT2D eigenvalue weighted by Gasteiger charge is -2.03. The van der Waals surface area contributed by atoms with Gasteiger partial charge in [0.1, 0.15) is 6.26 Å². The molecule has 0 aliphatic heterocycles. The molecule has 0 amide bonds. The van der Waals surface area contributed by atoms with E-state index in [1.54, 1.807) is 18.4 Å². The van der Waals surface area contributed by atoms with Crippen LogP contribution in [0.3, 0.4) is 0 Å². The fourth-order valence-electron chi connectivity index (χ4n) is 1.89. The molecule has 0 saturated heterocycles. The van der Waals surface area contributed by atoms with Gasteiger partial charge >= 0.3 is 0 Å². The lowest BCUT2D eigenvalue weighted by molar-refractivity contribution is -0.384. The zero-order valence-electron chi connectivity index (χ0n) is 9.87. The summed E-state index contributed by atoms with van der Waals surface area (Å²) in [6.07, 6.45) is 1.67. The van der Waals surface area contributed by atoms with Gasteiger partial charge in [-0.1, -0.05) is 18.2 Å². The summed E-state index contributed by atoms with van der Waals surface area (Å²) < 4.78 is 5.45. The molecule has 0 fully saturated rings. The van der Waals surface area contributed by atoms with Gasteiger partial charge in [-0.05, 0) is 18.2 Å². The second-order valence-corrected chi connectivity index (χ2v) is 4.08. The molecule has 0 saturated carbocycles. The lowest BCUT2D eigenvalue weighted by Crippen LogP contribution is -1.91. The molecule has 0 radical (unpaired) electrons. The van der Waals surface area contributed by atoms with E-state index in [0.717, 1.165) is 16.5 Å². The van der Waals surface area contributed by atoms with E-state index in [2.05, 4.69) is 5.32 Å². The quantitative estimate of drug-likeness (QED) is 0.564. The lowest BCUT2D eigenvalue weighted by atomic mass is 10.2. The second kappa shape index (κ2) is 4.45. The maximum absolute atomic E-state index is 10.6. The van der Waals surface area contributed by atoms with E-state index in [1.807, 2.05) is 24.3 Å². The van der Waals surface area contributed by atoms with Crippen molar-refractivity contribution < 1.29 is 9.34 Å². The summed E-state index contributed by atoms with van der Waals surface area (Å²) in [7, 11) is 0. The normalized spacial score (nSPS) is 10.5. The smallest absolute Gasteiger partial charge is 0.269 e. The van der Waals surface area contributed by atoms with Crippen LogP contribution in [-0.4, -0.2) is 4.92 Å². The highest BCUT2D eigenvalue weighted by atomic mass is 16.6. The zero-order chi connectivity index (χ0) is 13.2. The highest BCUT2D eigenvalue weighted by Gasteiger charge is 2.07. The Morgan fingerprint density at radius 2 is 1.79 bits per heavy atom. The van der Waals surface area contributed by atoms with Crippen molar-refractivity contribution in [2.75, 3.05) is 5.32 Å². The molecular formula is C14H10N2O3. The Morgan fingerprint density at radius 1 is 1.05 bits per heavy atom. The topological polar surface area (TPSA) is 68.3 Å². The molecule has 2 aromatic carbocycles. The number of fused-ring (bicyclic) bond motifs is 1. The minimum atomic E-state index is -0.425. The first kappa shape index (κ1) is 11.3. The molecule has 0 unspecified atom stereocenters. The van der Waals surface area contributed by atoms with Crippen LogP contribution in [0.2, 0.25) is 0 Å². The van der Waals surface area contributed by atoms with Crippen LogP contribution in [0.1, 0.15) is 0 Å². The number of nitrogens with one attached hydrogen (secondary N) is 1. The number of furan rings is 1. The third-order valence-corrected chi connectivity index (χ3v) is 2.85. The standard InChI is InChI=1S/C14H10N2O3/c17-16(18)12-7-5-11(6-8-12)15-14-13-4-2-1-3-10(13)9-19-14/h1-9,15H. The molecule has 19 heavy (non-hydrogen) atoms. The molecule has 0 aliphatic carbocycles. The Bertz CT molecular complexity index is 732. The SMILES string of the molecule is O=[N+]([O-])c1ccc(Nc2occ3ccccc23)cc1. The van der Waals surface area contributed by atoms with E-state index in [4.69, 9.17) is 4.42 Å². The minimum absolute atomic E-state index is 0.0647. The van der Waals surface area contributed by atoms with E-state index < -0.39 is 4.92 Å². The number of benzene rings is 2. The summed E-state index contributed by atoms with van der Waals surface area (Å²) >= 11 is 0. The van der Waals surface area contributed by atoms with Crippen LogP contribution in [0.4, 0.5) is 17.3 Å². The highest BCUT2D eigenvalue weighted by Crippen LogP contribution is 2.28. The third-order valence-electron chi connectivity index (χ3n) is 2.85. The van der Waals surface area contributed by atoms with Crippen molar-refractivity contribution in [3.8, 4) is 0 Å². The number of nitro benzene ring substituents is 1. The Labute approximate surface area is 108 Å². The first-order chi connectivity index (χ1) is 9.24. The van der Waals surface area contributed by atoms with Crippen molar-refractivity contribution in [2.45, 2.75) is 0 Å². The molecule has 1 N–H and O–H groups in total. The molecule has 5 heteroatoms. The largest absolute Gasteiger partial charge is 0.447 e. The molecule has 0 spiro atoms. The van der Waals surface area contributed by atoms with E-state index in [9.17, 15) is 10.1 Å². The molecule has 1 heterocycles. The fraction of sp³-hybridized carbons (Fsp3) is 0. The molecule has 3 aromatic rings. The Morgan fingerprint density at radius 3 is 2.53 bits per heavy atom. The summed E-state index contributed by atoms with van der Waals surface area (Å²) in [5.41, 5.74) is 0.806. The molecule has 3 rings (SSSR count). The van der Waals surface area contributed by atoms with Crippen LogP contribution < -0.4 is 5.32 Å². The van der Waals surface area contributed by atoms with E-state index in [1.165, 1.54) is 12.1 Å². The van der Waals surface area contributed by atoms with Crippen molar-refractivity contribution in [1.82, 2.24) is 0 Å². The van der Waals surface area contributed by atoms with Gasteiger partial charge in [0.25, 0.3) is 5.69 Å². The Hall–Kier alpha value is -2.82. The summed E-state index contributed by atoms with van der Waals surface area (Å²) in [5.74, 6) is 0.629. The molecule has 5 nitrogen and oxygen atoms in total. The van der Waals surface area contributed by atoms with Gasteiger partial charge in [-0.15, -0.1) is 0 Å². The van der Waals surface area contributed by atoms with Gasteiger partial charge in [0, 0.05) is 28.6 Å². The first-order valence-electron chi connectivity index (χ1n) is 5.72. The number of hydrogen-bond acceptors (Lipinski definition) is 4. The monoisotopic (exact) mass is 254 g/mol. The highest BCUT2D eigenvalue weighted by molar-refractivity contribution is 5.92. The number of anilines is 2. The maximum Gasteiger partial charge on any atom is 0.269 e. The summed E-state index contributed by atoms with van der Waals surface area (Å²) in [5, 5.41) is 15.7. The second-order valence-electron chi connectivity index (χ2n) is 4.08. The number of hydrogen-bond donors (Lipinski definition) is 1. The average molecular weight is 254 g/mol. The van der Waals surface area contributed by atoms with Crippen LogP contribution in [0, 0.1) is 10.1 Å². The zero-order valence-corrected chi connectivity index (χ0v) is 9.87. The van der Waals surface area contributed by atoms with Gasteiger partial charge in [-0.2, -0.15) is 0 Å². The van der Waals surface area contributed by atoms with Gasteiger partial charge in [-0.25, -0.2) is 0 Å². The van der Waals surface area contributed by atoms with E-state index in [-0.39, 0.29) is 5.69 Å². The Balaban J connectivity index is 1.90. The molecule has 1 aromatic heterocycles. The van der Waals surface area contributed by atoms with Crippen LogP contribution >= 0.6 is 0 Å². The number of nitro groups is 1. The number of rotatable bonds is 3. The average Bonchev–Trinajstić information content (AvgIpc) is 2.83. The predicted molar refractivity (Wildman–Crippen MR) is 72.6 cm³/mol. The van der Waals surface area contributed by atoms with Crippen molar-refractivity contribution in [2.24, 2.45) is 0 Å². The maximum atomic E-state index is 10.6. The molecule has 94 valence electrons. The number of non-ortho nitro benzene ring substituents is 1. The van der Waals surface area contributed by atoms with Crippen LogP contribution in [0.15, 0.2) is 59.2 Å². The summed E-state index contributed by atoms with van der Waals surface area (Å²) in [6.45, 7) is 0. The van der Waals surface area contributed by atoms with Crippen molar-refractivity contribution in [3.05, 3.63) is 64.9 Å². The first-order valence-corrected chi connectivity index (χ1v) is 5.72. The van der Waals surface area contributed by atoms with Crippen LogP contribution in [0.5, 0.6) is 0 Å². The van der Waals surface area contributed by atoms with Crippen molar-refractivity contribution in [3.63, 3.8) is 0 Å².